The Kier molecular flexibility index (Phi) is 3.91. The van der Waals surface area contributed by atoms with E-state index >= 15 is 0 Å². The van der Waals surface area contributed by atoms with Gasteiger partial charge in [-0.15, -0.1) is 11.3 Å². The van der Waals surface area contributed by atoms with Gasteiger partial charge in [-0.3, -0.25) is 0 Å². The van der Waals surface area contributed by atoms with E-state index in [1.54, 1.807) is 0 Å². The maximum absolute atomic E-state index is 12.8. The molecule has 4 nitrogen and oxygen atoms in total. The Hall–Kier alpha value is -1.75. The maximum Gasteiger partial charge on any atom is 0.318 e. The second-order valence-corrected chi connectivity index (χ2v) is 8.29. The fraction of sp³-hybridized carbons (Fsp3) is 0.526. The van der Waals surface area contributed by atoms with Crippen molar-refractivity contribution in [2.45, 2.75) is 65.1 Å². The molecule has 2 aliphatic rings. The van der Waals surface area contributed by atoms with Gasteiger partial charge in [0.15, 0.2) is 0 Å². The number of hydrogen-bond acceptors (Lipinski definition) is 2. The van der Waals surface area contributed by atoms with Crippen molar-refractivity contribution < 1.29 is 4.79 Å². The summed E-state index contributed by atoms with van der Waals surface area (Å²) in [5, 5.41) is 4.41. The molecule has 24 heavy (non-hydrogen) atoms. The van der Waals surface area contributed by atoms with Crippen molar-refractivity contribution in [2.24, 2.45) is 0 Å². The Balaban J connectivity index is 1.82. The van der Waals surface area contributed by atoms with Gasteiger partial charge in [0.25, 0.3) is 0 Å². The summed E-state index contributed by atoms with van der Waals surface area (Å²) >= 11 is 1.93. The third-order valence-corrected chi connectivity index (χ3v) is 6.49. The molecule has 3 heterocycles. The normalized spacial score (nSPS) is 19.5. The molecule has 0 saturated carbocycles. The first kappa shape index (κ1) is 15.8. The van der Waals surface area contributed by atoms with E-state index in [-0.39, 0.29) is 18.1 Å². The number of nitrogens with one attached hydrogen (secondary N) is 1. The van der Waals surface area contributed by atoms with Crippen molar-refractivity contribution in [1.82, 2.24) is 14.8 Å². The lowest BCUT2D eigenvalue weighted by molar-refractivity contribution is 0.173. The van der Waals surface area contributed by atoms with E-state index < -0.39 is 0 Å². The standard InChI is InChI=1S/C19H25N3OS/c1-12(2)20-19(23)22-11-15-14-7-4-5-9-17(14)24-18(15)21-10-6-8-16(21)13(22)3/h6,8,10,12-13H,4-5,7,9,11H2,1-3H3,(H,20,23)/t13-/m0/s1. The molecular formula is C19H25N3OS. The lowest BCUT2D eigenvalue weighted by atomic mass is 9.95. The third kappa shape index (κ3) is 2.46. The minimum Gasteiger partial charge on any atom is -0.336 e. The monoisotopic (exact) mass is 343 g/mol. The van der Waals surface area contributed by atoms with Gasteiger partial charge in [0.05, 0.1) is 12.6 Å². The third-order valence-electron chi connectivity index (χ3n) is 5.16. The van der Waals surface area contributed by atoms with E-state index in [0.29, 0.717) is 6.54 Å². The van der Waals surface area contributed by atoms with Gasteiger partial charge in [-0.2, -0.15) is 0 Å². The van der Waals surface area contributed by atoms with Crippen LogP contribution in [0, 0.1) is 0 Å². The van der Waals surface area contributed by atoms with E-state index in [1.165, 1.54) is 46.0 Å². The Morgan fingerprint density at radius 3 is 2.88 bits per heavy atom. The number of amides is 2. The van der Waals surface area contributed by atoms with Crippen LogP contribution in [-0.4, -0.2) is 21.5 Å². The summed E-state index contributed by atoms with van der Waals surface area (Å²) in [7, 11) is 0. The molecule has 2 amide bonds. The number of aryl methyl sites for hydroxylation is 1. The second kappa shape index (κ2) is 5.96. The number of nitrogens with zero attached hydrogens (tertiary/aromatic N) is 2. The fourth-order valence-electron chi connectivity index (χ4n) is 3.94. The van der Waals surface area contributed by atoms with Crippen LogP contribution in [0.15, 0.2) is 18.3 Å². The number of fused-ring (bicyclic) bond motifs is 5. The van der Waals surface area contributed by atoms with Gasteiger partial charge in [-0.25, -0.2) is 4.79 Å². The summed E-state index contributed by atoms with van der Waals surface area (Å²) in [5.74, 6) is 0. The van der Waals surface area contributed by atoms with Gasteiger partial charge >= 0.3 is 6.03 Å². The van der Waals surface area contributed by atoms with E-state index in [9.17, 15) is 4.79 Å². The highest BCUT2D eigenvalue weighted by atomic mass is 32.1. The number of urea groups is 1. The number of carbonyl (C=O) groups excluding carboxylic acids is 1. The Morgan fingerprint density at radius 1 is 1.29 bits per heavy atom. The summed E-state index contributed by atoms with van der Waals surface area (Å²) in [5.41, 5.74) is 4.08. The average molecular weight is 343 g/mol. The topological polar surface area (TPSA) is 37.3 Å². The van der Waals surface area contributed by atoms with Crippen molar-refractivity contribution in [2.75, 3.05) is 0 Å². The van der Waals surface area contributed by atoms with Gasteiger partial charge in [-0.1, -0.05) is 0 Å². The van der Waals surface area contributed by atoms with Gasteiger partial charge < -0.3 is 14.8 Å². The number of aromatic nitrogens is 1. The molecule has 1 aliphatic heterocycles. The van der Waals surface area contributed by atoms with Crippen LogP contribution < -0.4 is 5.32 Å². The zero-order valence-corrected chi connectivity index (χ0v) is 15.4. The Labute approximate surface area is 147 Å². The molecule has 0 fully saturated rings. The predicted molar refractivity (Wildman–Crippen MR) is 97.9 cm³/mol. The average Bonchev–Trinajstić information content (AvgIpc) is 3.13. The first-order valence-corrected chi connectivity index (χ1v) is 9.76. The summed E-state index contributed by atoms with van der Waals surface area (Å²) in [6, 6.07) is 4.49. The Morgan fingerprint density at radius 2 is 2.08 bits per heavy atom. The highest BCUT2D eigenvalue weighted by Crippen LogP contribution is 2.42. The molecule has 0 unspecified atom stereocenters. The van der Waals surface area contributed by atoms with Crippen LogP contribution in [0.25, 0.3) is 5.00 Å². The molecule has 0 aromatic carbocycles. The molecule has 128 valence electrons. The van der Waals surface area contributed by atoms with Gasteiger partial charge in [0, 0.05) is 28.4 Å². The molecule has 0 bridgehead atoms. The number of rotatable bonds is 1. The van der Waals surface area contributed by atoms with E-state index in [0.717, 1.165) is 6.42 Å². The molecule has 4 rings (SSSR count). The van der Waals surface area contributed by atoms with Gasteiger partial charge in [0.1, 0.15) is 5.00 Å². The van der Waals surface area contributed by atoms with Crippen LogP contribution in [0.2, 0.25) is 0 Å². The van der Waals surface area contributed by atoms with Gasteiger partial charge in [-0.05, 0) is 64.2 Å². The van der Waals surface area contributed by atoms with Crippen molar-refractivity contribution in [1.29, 1.82) is 0 Å². The van der Waals surface area contributed by atoms with E-state index in [1.807, 2.05) is 30.1 Å². The summed E-state index contributed by atoms with van der Waals surface area (Å²) in [6.07, 6.45) is 7.06. The molecule has 1 atom stereocenters. The molecular weight excluding hydrogens is 318 g/mol. The lowest BCUT2D eigenvalue weighted by Crippen LogP contribution is -2.43. The number of thiophene rings is 1. The summed E-state index contributed by atoms with van der Waals surface area (Å²) < 4.78 is 2.31. The summed E-state index contributed by atoms with van der Waals surface area (Å²) in [6.45, 7) is 6.87. The van der Waals surface area contributed by atoms with Crippen LogP contribution in [0.1, 0.15) is 61.4 Å². The van der Waals surface area contributed by atoms with Crippen molar-refractivity contribution in [3.8, 4) is 5.00 Å². The van der Waals surface area contributed by atoms with Crippen LogP contribution >= 0.6 is 11.3 Å². The lowest BCUT2D eigenvalue weighted by Gasteiger charge is -2.29. The minimum atomic E-state index is 0.0360. The second-order valence-electron chi connectivity index (χ2n) is 7.21. The van der Waals surface area contributed by atoms with Crippen molar-refractivity contribution >= 4 is 17.4 Å². The highest BCUT2D eigenvalue weighted by molar-refractivity contribution is 7.15. The van der Waals surface area contributed by atoms with Crippen LogP contribution in [0.5, 0.6) is 0 Å². The van der Waals surface area contributed by atoms with Crippen LogP contribution in [0.3, 0.4) is 0 Å². The molecule has 0 spiro atoms. The van der Waals surface area contributed by atoms with Crippen molar-refractivity contribution in [3.05, 3.63) is 40.0 Å². The largest absolute Gasteiger partial charge is 0.336 e. The van der Waals surface area contributed by atoms with Crippen molar-refractivity contribution in [3.63, 3.8) is 0 Å². The zero-order valence-electron chi connectivity index (χ0n) is 14.6. The van der Waals surface area contributed by atoms with E-state index in [4.69, 9.17) is 0 Å². The fourth-order valence-corrected chi connectivity index (χ4v) is 5.34. The summed E-state index contributed by atoms with van der Waals surface area (Å²) in [4.78, 5) is 16.3. The smallest absolute Gasteiger partial charge is 0.318 e. The highest BCUT2D eigenvalue weighted by Gasteiger charge is 2.32. The molecule has 1 N–H and O–H groups in total. The molecule has 0 saturated heterocycles. The molecule has 2 aromatic rings. The van der Waals surface area contributed by atoms with Gasteiger partial charge in [0.2, 0.25) is 0 Å². The SMILES string of the molecule is CC(C)NC(=O)N1Cc2c(sc3c2CCCC3)-n2cccc2[C@@H]1C. The van der Waals surface area contributed by atoms with Crippen LogP contribution in [0.4, 0.5) is 4.79 Å². The minimum absolute atomic E-state index is 0.0360. The maximum atomic E-state index is 12.8. The Bertz CT molecular complexity index is 774. The number of hydrogen-bond donors (Lipinski definition) is 1. The van der Waals surface area contributed by atoms with Crippen LogP contribution in [-0.2, 0) is 19.4 Å². The predicted octanol–water partition coefficient (Wildman–Crippen LogP) is 4.41. The number of carbonyl (C=O) groups is 1. The first-order valence-electron chi connectivity index (χ1n) is 8.94. The quantitative estimate of drug-likeness (QED) is 0.818. The first-order chi connectivity index (χ1) is 11.6. The zero-order chi connectivity index (χ0) is 16.8. The molecule has 5 heteroatoms. The van der Waals surface area contributed by atoms with E-state index in [2.05, 4.69) is 35.1 Å². The molecule has 0 radical (unpaired) electrons. The molecule has 1 aliphatic carbocycles. The molecule has 2 aromatic heterocycles.